The Balaban J connectivity index is 2.51. The van der Waals surface area contributed by atoms with Gasteiger partial charge in [0.25, 0.3) is 0 Å². The van der Waals surface area contributed by atoms with Crippen molar-refractivity contribution in [3.8, 4) is 17.2 Å². The van der Waals surface area contributed by atoms with Crippen molar-refractivity contribution in [3.05, 3.63) is 17.4 Å². The number of carbonyl (C=O) groups excluding carboxylic acids is 1. The first-order chi connectivity index (χ1) is 8.19. The summed E-state index contributed by atoms with van der Waals surface area (Å²) < 4.78 is 28.8. The number of methoxy groups -OCH3 is 1. The van der Waals surface area contributed by atoms with Gasteiger partial charge in [-0.1, -0.05) is 0 Å². The van der Waals surface area contributed by atoms with Crippen LogP contribution in [-0.4, -0.2) is 26.2 Å². The molecule has 1 aliphatic heterocycles. The second kappa shape index (κ2) is 4.58. The molecule has 1 aromatic carbocycles. The smallest absolute Gasteiger partial charge is 0.231 e. The minimum absolute atomic E-state index is 0.0221. The summed E-state index contributed by atoms with van der Waals surface area (Å²) in [6.45, 7) is 0.127. The number of hydrogen-bond acceptors (Lipinski definition) is 5. The molecular formula is C11H12FNO4. The predicted molar refractivity (Wildman–Crippen MR) is 57.1 cm³/mol. The summed E-state index contributed by atoms with van der Waals surface area (Å²) in [6.07, 6.45) is 0.120. The van der Waals surface area contributed by atoms with E-state index >= 15 is 0 Å². The van der Waals surface area contributed by atoms with E-state index in [1.807, 2.05) is 0 Å². The molecule has 0 aliphatic carbocycles. The first-order valence-corrected chi connectivity index (χ1v) is 5.08. The van der Waals surface area contributed by atoms with E-state index in [4.69, 9.17) is 19.9 Å². The van der Waals surface area contributed by atoms with E-state index in [1.54, 1.807) is 0 Å². The molecule has 0 atom stereocenters. The molecule has 0 unspecified atom stereocenters. The molecule has 6 heteroatoms. The van der Waals surface area contributed by atoms with Crippen LogP contribution >= 0.6 is 0 Å². The Morgan fingerprint density at radius 1 is 1.59 bits per heavy atom. The van der Waals surface area contributed by atoms with Gasteiger partial charge in [-0.25, -0.2) is 0 Å². The first kappa shape index (κ1) is 11.7. The molecule has 2 rings (SSSR count). The lowest BCUT2D eigenvalue weighted by molar-refractivity contribution is 0.0981. The fourth-order valence-electron chi connectivity index (χ4n) is 1.66. The molecule has 92 valence electrons. The summed E-state index contributed by atoms with van der Waals surface area (Å²) in [5.74, 6) is -0.952. The van der Waals surface area contributed by atoms with Gasteiger partial charge in [0.1, 0.15) is 0 Å². The number of rotatable bonds is 4. The monoisotopic (exact) mass is 241 g/mol. The van der Waals surface area contributed by atoms with E-state index in [0.717, 1.165) is 0 Å². The molecule has 0 bridgehead atoms. The minimum atomic E-state index is -0.720. The third kappa shape index (κ3) is 1.91. The maximum Gasteiger partial charge on any atom is 0.231 e. The van der Waals surface area contributed by atoms with E-state index < -0.39 is 5.82 Å². The Labute approximate surface area is 97.3 Å². The maximum atomic E-state index is 13.9. The second-order valence-electron chi connectivity index (χ2n) is 3.47. The van der Waals surface area contributed by atoms with E-state index in [0.29, 0.717) is 0 Å². The Hall–Kier alpha value is -1.82. The van der Waals surface area contributed by atoms with Gasteiger partial charge < -0.3 is 19.9 Å². The van der Waals surface area contributed by atoms with Crippen LogP contribution in [0.25, 0.3) is 0 Å². The highest BCUT2D eigenvalue weighted by molar-refractivity contribution is 5.99. The Bertz CT molecular complexity index is 461. The van der Waals surface area contributed by atoms with Gasteiger partial charge >= 0.3 is 0 Å². The van der Waals surface area contributed by atoms with Crippen LogP contribution in [0.4, 0.5) is 4.39 Å². The van der Waals surface area contributed by atoms with Gasteiger partial charge in [0.05, 0.1) is 12.7 Å². The average molecular weight is 241 g/mol. The molecule has 5 nitrogen and oxygen atoms in total. The van der Waals surface area contributed by atoms with Gasteiger partial charge in [0.15, 0.2) is 17.3 Å². The molecule has 17 heavy (non-hydrogen) atoms. The summed E-state index contributed by atoms with van der Waals surface area (Å²) >= 11 is 0. The number of fused-ring (bicyclic) bond motifs is 1. The van der Waals surface area contributed by atoms with Crippen LogP contribution in [0.1, 0.15) is 16.8 Å². The lowest BCUT2D eigenvalue weighted by Crippen LogP contribution is -2.10. The zero-order valence-electron chi connectivity index (χ0n) is 9.29. The number of hydrogen-bond donors (Lipinski definition) is 1. The van der Waals surface area contributed by atoms with E-state index in [2.05, 4.69) is 0 Å². The number of carbonyl (C=O) groups is 1. The number of halogens is 1. The quantitative estimate of drug-likeness (QED) is 0.799. The van der Waals surface area contributed by atoms with Crippen molar-refractivity contribution >= 4 is 5.78 Å². The van der Waals surface area contributed by atoms with E-state index in [-0.39, 0.29) is 48.4 Å². The molecule has 0 fully saturated rings. The van der Waals surface area contributed by atoms with Crippen LogP contribution < -0.4 is 19.9 Å². The molecule has 0 saturated heterocycles. The summed E-state index contributed by atoms with van der Waals surface area (Å²) in [6, 6.07) is 1.42. The molecule has 0 radical (unpaired) electrons. The number of ketones is 1. The van der Waals surface area contributed by atoms with Crippen molar-refractivity contribution in [2.45, 2.75) is 6.42 Å². The van der Waals surface area contributed by atoms with Gasteiger partial charge in [0, 0.05) is 6.42 Å². The third-order valence-electron chi connectivity index (χ3n) is 2.44. The van der Waals surface area contributed by atoms with E-state index in [9.17, 15) is 9.18 Å². The van der Waals surface area contributed by atoms with Crippen LogP contribution in [0, 0.1) is 5.82 Å². The molecule has 0 saturated carbocycles. The number of nitrogens with two attached hydrogens (primary N) is 1. The highest BCUT2D eigenvalue weighted by Crippen LogP contribution is 2.42. The first-order valence-electron chi connectivity index (χ1n) is 5.08. The van der Waals surface area contributed by atoms with Crippen LogP contribution in [0.3, 0.4) is 0 Å². The van der Waals surface area contributed by atoms with Crippen molar-refractivity contribution in [1.29, 1.82) is 0 Å². The Morgan fingerprint density at radius 3 is 3.00 bits per heavy atom. The van der Waals surface area contributed by atoms with Crippen LogP contribution in [0.2, 0.25) is 0 Å². The topological polar surface area (TPSA) is 70.8 Å². The van der Waals surface area contributed by atoms with Crippen molar-refractivity contribution in [3.63, 3.8) is 0 Å². The fourth-order valence-corrected chi connectivity index (χ4v) is 1.66. The standard InChI is InChI=1S/C11H12FNO4/c1-15-10-6(7(14)2-3-13)4-8-11(9(10)12)17-5-16-8/h4H,2-3,5,13H2,1H3. The van der Waals surface area contributed by atoms with Crippen molar-refractivity contribution in [2.24, 2.45) is 5.73 Å². The third-order valence-corrected chi connectivity index (χ3v) is 2.44. The van der Waals surface area contributed by atoms with Crippen LogP contribution in [0.5, 0.6) is 17.2 Å². The van der Waals surface area contributed by atoms with Crippen molar-refractivity contribution in [1.82, 2.24) is 0 Å². The summed E-state index contributed by atoms with van der Waals surface area (Å²) in [7, 11) is 1.29. The SMILES string of the molecule is COc1c(C(=O)CCN)cc2c(c1F)OCO2. The zero-order valence-corrected chi connectivity index (χ0v) is 9.29. The van der Waals surface area contributed by atoms with Gasteiger partial charge in [-0.3, -0.25) is 4.79 Å². The van der Waals surface area contributed by atoms with Gasteiger partial charge in [-0.05, 0) is 12.6 Å². The van der Waals surface area contributed by atoms with Gasteiger partial charge in [-0.15, -0.1) is 0 Å². The lowest BCUT2D eigenvalue weighted by Gasteiger charge is -2.10. The number of Topliss-reactive ketones (excluding diaryl/α,β-unsaturated/α-hetero) is 1. The van der Waals surface area contributed by atoms with Gasteiger partial charge in [-0.2, -0.15) is 4.39 Å². The minimum Gasteiger partial charge on any atom is -0.493 e. The maximum absolute atomic E-state index is 13.9. The van der Waals surface area contributed by atoms with Crippen LogP contribution in [0.15, 0.2) is 6.07 Å². The molecular weight excluding hydrogens is 229 g/mol. The highest BCUT2D eigenvalue weighted by atomic mass is 19.1. The number of benzene rings is 1. The second-order valence-corrected chi connectivity index (χ2v) is 3.47. The molecule has 0 spiro atoms. The van der Waals surface area contributed by atoms with Crippen LogP contribution in [-0.2, 0) is 0 Å². The highest BCUT2D eigenvalue weighted by Gasteiger charge is 2.27. The molecule has 0 amide bonds. The molecule has 0 aromatic heterocycles. The lowest BCUT2D eigenvalue weighted by atomic mass is 10.1. The average Bonchev–Trinajstić information content (AvgIpc) is 2.77. The summed E-state index contributed by atoms with van der Waals surface area (Å²) in [5.41, 5.74) is 5.42. The van der Waals surface area contributed by atoms with Gasteiger partial charge in [0.2, 0.25) is 18.4 Å². The van der Waals surface area contributed by atoms with Crippen molar-refractivity contribution in [2.75, 3.05) is 20.4 Å². The van der Waals surface area contributed by atoms with E-state index in [1.165, 1.54) is 13.2 Å². The Morgan fingerprint density at radius 2 is 2.35 bits per heavy atom. The number of ether oxygens (including phenoxy) is 3. The predicted octanol–water partition coefficient (Wildman–Crippen LogP) is 1.09. The van der Waals surface area contributed by atoms with Crippen molar-refractivity contribution < 1.29 is 23.4 Å². The summed E-state index contributed by atoms with van der Waals surface area (Å²) in [5, 5.41) is 0. The Kier molecular flexibility index (Phi) is 3.14. The summed E-state index contributed by atoms with van der Waals surface area (Å²) in [4.78, 5) is 11.8. The fraction of sp³-hybridized carbons (Fsp3) is 0.364. The normalized spacial score (nSPS) is 12.6. The zero-order chi connectivity index (χ0) is 12.4. The molecule has 1 heterocycles. The molecule has 1 aliphatic rings. The molecule has 1 aromatic rings. The largest absolute Gasteiger partial charge is 0.493 e. The molecule has 2 N–H and O–H groups in total.